The summed E-state index contributed by atoms with van der Waals surface area (Å²) in [5, 5.41) is 0. The van der Waals surface area contributed by atoms with E-state index in [-0.39, 0.29) is 0 Å². The summed E-state index contributed by atoms with van der Waals surface area (Å²) in [4.78, 5) is 0.906. The minimum Gasteiger partial charge on any atom is -0.254 e. The molecule has 1 nitrogen and oxygen atoms in total. The molecule has 1 unspecified atom stereocenters. The van der Waals surface area contributed by atoms with E-state index in [0.29, 0.717) is 5.75 Å². The van der Waals surface area contributed by atoms with Gasteiger partial charge in [0, 0.05) is 4.90 Å². The number of aryl methyl sites for hydroxylation is 1. The Bertz CT molecular complexity index is 491. The molecular weight excluding hydrogens is 216 g/mol. The summed E-state index contributed by atoms with van der Waals surface area (Å²) in [6, 6.07) is 17.8. The van der Waals surface area contributed by atoms with Gasteiger partial charge in [0.25, 0.3) is 0 Å². The van der Waals surface area contributed by atoms with E-state index >= 15 is 0 Å². The van der Waals surface area contributed by atoms with Crippen LogP contribution in [0.5, 0.6) is 0 Å². The zero-order valence-electron chi connectivity index (χ0n) is 9.22. The first-order valence-corrected chi connectivity index (χ1v) is 6.56. The summed E-state index contributed by atoms with van der Waals surface area (Å²) in [6.07, 6.45) is 0. The molecule has 16 heavy (non-hydrogen) atoms. The predicted octanol–water partition coefficient (Wildman–Crippen LogP) is 3.30. The van der Waals surface area contributed by atoms with Crippen molar-refractivity contribution in [2.24, 2.45) is 0 Å². The largest absolute Gasteiger partial charge is 0.254 e. The molecule has 0 amide bonds. The summed E-state index contributed by atoms with van der Waals surface area (Å²) >= 11 is 0. The predicted molar refractivity (Wildman–Crippen MR) is 67.7 cm³/mol. The van der Waals surface area contributed by atoms with Gasteiger partial charge in [0.15, 0.2) is 0 Å². The van der Waals surface area contributed by atoms with Gasteiger partial charge in [-0.2, -0.15) is 0 Å². The molecule has 0 saturated heterocycles. The second kappa shape index (κ2) is 5.08. The first-order valence-electron chi connectivity index (χ1n) is 5.25. The highest BCUT2D eigenvalue weighted by Gasteiger charge is 2.04. The normalized spacial score (nSPS) is 12.3. The SMILES string of the molecule is Cc1cccc(S(=O)Cc2ccccc2)c1. The fraction of sp³-hybridized carbons (Fsp3) is 0.143. The third kappa shape index (κ3) is 2.80. The average Bonchev–Trinajstić information content (AvgIpc) is 2.30. The Balaban J connectivity index is 2.15. The molecule has 2 heteroatoms. The zero-order valence-corrected chi connectivity index (χ0v) is 10.0. The third-order valence-corrected chi connectivity index (χ3v) is 3.77. The van der Waals surface area contributed by atoms with Gasteiger partial charge in [0.05, 0.1) is 16.6 Å². The first-order chi connectivity index (χ1) is 7.75. The van der Waals surface area contributed by atoms with Crippen molar-refractivity contribution in [3.8, 4) is 0 Å². The summed E-state index contributed by atoms with van der Waals surface area (Å²) in [5.41, 5.74) is 2.27. The summed E-state index contributed by atoms with van der Waals surface area (Å²) in [7, 11) is -0.945. The van der Waals surface area contributed by atoms with E-state index in [0.717, 1.165) is 16.0 Å². The zero-order chi connectivity index (χ0) is 11.4. The number of hydrogen-bond acceptors (Lipinski definition) is 1. The van der Waals surface area contributed by atoms with Crippen molar-refractivity contribution in [3.63, 3.8) is 0 Å². The van der Waals surface area contributed by atoms with E-state index in [2.05, 4.69) is 0 Å². The molecule has 0 saturated carbocycles. The Labute approximate surface area is 98.6 Å². The van der Waals surface area contributed by atoms with Crippen LogP contribution in [0, 0.1) is 6.92 Å². The standard InChI is InChI=1S/C14H14OS/c1-12-6-5-9-14(10-12)16(15)11-13-7-3-2-4-8-13/h2-10H,11H2,1H3. The van der Waals surface area contributed by atoms with Gasteiger partial charge in [-0.1, -0.05) is 42.5 Å². The minimum atomic E-state index is -0.945. The Morgan fingerprint density at radius 2 is 1.75 bits per heavy atom. The van der Waals surface area contributed by atoms with Crippen LogP contribution in [0.3, 0.4) is 0 Å². The van der Waals surface area contributed by atoms with Crippen molar-refractivity contribution in [1.82, 2.24) is 0 Å². The molecule has 0 spiro atoms. The molecule has 0 heterocycles. The van der Waals surface area contributed by atoms with E-state index in [1.165, 1.54) is 0 Å². The average molecular weight is 230 g/mol. The third-order valence-electron chi connectivity index (χ3n) is 2.39. The van der Waals surface area contributed by atoms with Crippen molar-refractivity contribution in [2.75, 3.05) is 0 Å². The molecule has 2 aromatic rings. The lowest BCUT2D eigenvalue weighted by Crippen LogP contribution is -1.96. The molecule has 0 radical (unpaired) electrons. The van der Waals surface area contributed by atoms with Gasteiger partial charge in [-0.3, -0.25) is 4.21 Å². The van der Waals surface area contributed by atoms with Crippen molar-refractivity contribution in [1.29, 1.82) is 0 Å². The molecule has 0 aliphatic heterocycles. The quantitative estimate of drug-likeness (QED) is 0.790. The maximum absolute atomic E-state index is 12.1. The molecule has 0 bridgehead atoms. The van der Waals surface area contributed by atoms with Crippen LogP contribution in [0.2, 0.25) is 0 Å². The molecule has 2 rings (SSSR count). The van der Waals surface area contributed by atoms with E-state index in [1.807, 2.05) is 61.5 Å². The Morgan fingerprint density at radius 1 is 1.00 bits per heavy atom. The van der Waals surface area contributed by atoms with Crippen LogP contribution in [0.1, 0.15) is 11.1 Å². The Kier molecular flexibility index (Phi) is 3.52. The second-order valence-corrected chi connectivity index (χ2v) is 5.24. The highest BCUT2D eigenvalue weighted by molar-refractivity contribution is 7.84. The first kappa shape index (κ1) is 11.1. The van der Waals surface area contributed by atoms with E-state index in [4.69, 9.17) is 0 Å². The van der Waals surface area contributed by atoms with Gasteiger partial charge in [0.1, 0.15) is 0 Å². The molecule has 0 N–H and O–H groups in total. The topological polar surface area (TPSA) is 17.1 Å². The maximum atomic E-state index is 12.1. The summed E-state index contributed by atoms with van der Waals surface area (Å²) in [5.74, 6) is 0.588. The fourth-order valence-electron chi connectivity index (χ4n) is 1.57. The lowest BCUT2D eigenvalue weighted by molar-refractivity contribution is 0.682. The molecule has 0 aliphatic carbocycles. The second-order valence-electron chi connectivity index (χ2n) is 3.79. The van der Waals surface area contributed by atoms with Crippen LogP contribution in [0.4, 0.5) is 0 Å². The van der Waals surface area contributed by atoms with E-state index < -0.39 is 10.8 Å². The molecule has 1 atom stereocenters. The lowest BCUT2D eigenvalue weighted by Gasteiger charge is -2.03. The van der Waals surface area contributed by atoms with Crippen molar-refractivity contribution >= 4 is 10.8 Å². The maximum Gasteiger partial charge on any atom is 0.0574 e. The molecule has 2 aromatic carbocycles. The van der Waals surface area contributed by atoms with Crippen LogP contribution in [-0.4, -0.2) is 4.21 Å². The van der Waals surface area contributed by atoms with Crippen LogP contribution in [-0.2, 0) is 16.6 Å². The lowest BCUT2D eigenvalue weighted by atomic mass is 10.2. The van der Waals surface area contributed by atoms with Crippen molar-refractivity contribution in [2.45, 2.75) is 17.6 Å². The highest BCUT2D eigenvalue weighted by Crippen LogP contribution is 2.13. The van der Waals surface area contributed by atoms with E-state index in [9.17, 15) is 4.21 Å². The summed E-state index contributed by atoms with van der Waals surface area (Å²) in [6.45, 7) is 2.02. The van der Waals surface area contributed by atoms with Gasteiger partial charge >= 0.3 is 0 Å². The Morgan fingerprint density at radius 3 is 2.44 bits per heavy atom. The molecule has 82 valence electrons. The van der Waals surface area contributed by atoms with E-state index in [1.54, 1.807) is 0 Å². The molecule has 0 fully saturated rings. The molecule has 0 aliphatic rings. The summed E-state index contributed by atoms with van der Waals surface area (Å²) < 4.78 is 12.1. The smallest absolute Gasteiger partial charge is 0.0574 e. The van der Waals surface area contributed by atoms with Gasteiger partial charge < -0.3 is 0 Å². The fourth-order valence-corrected chi connectivity index (χ4v) is 2.78. The van der Waals surface area contributed by atoms with Crippen molar-refractivity contribution < 1.29 is 4.21 Å². The van der Waals surface area contributed by atoms with Crippen LogP contribution in [0.25, 0.3) is 0 Å². The molecule has 0 aromatic heterocycles. The van der Waals surface area contributed by atoms with Crippen molar-refractivity contribution in [3.05, 3.63) is 65.7 Å². The van der Waals surface area contributed by atoms with Crippen LogP contribution in [0.15, 0.2) is 59.5 Å². The molecular formula is C14H14OS. The number of hydrogen-bond donors (Lipinski definition) is 0. The monoisotopic (exact) mass is 230 g/mol. The van der Waals surface area contributed by atoms with Crippen LogP contribution < -0.4 is 0 Å². The number of rotatable bonds is 3. The number of benzene rings is 2. The van der Waals surface area contributed by atoms with Gasteiger partial charge in [-0.05, 0) is 30.2 Å². The highest BCUT2D eigenvalue weighted by atomic mass is 32.2. The Hall–Kier alpha value is -1.41. The van der Waals surface area contributed by atoms with Gasteiger partial charge in [-0.15, -0.1) is 0 Å². The van der Waals surface area contributed by atoms with Crippen LogP contribution >= 0.6 is 0 Å². The minimum absolute atomic E-state index is 0.588. The van der Waals surface area contributed by atoms with Gasteiger partial charge in [-0.25, -0.2) is 0 Å². The van der Waals surface area contributed by atoms with Gasteiger partial charge in [0.2, 0.25) is 0 Å².